The average molecular weight is 190 g/mol. The van der Waals surface area contributed by atoms with Crippen molar-refractivity contribution in [3.8, 4) is 11.9 Å². The number of fused-ring (bicyclic) bond motifs is 1. The second kappa shape index (κ2) is 2.83. The number of rotatable bonds is 0. The molecule has 0 saturated carbocycles. The maximum Gasteiger partial charge on any atom is 0.317 e. The number of aromatic nitrogens is 2. The lowest BCUT2D eigenvalue weighted by Gasteiger charge is -2.04. The van der Waals surface area contributed by atoms with E-state index in [1.54, 1.807) is 6.07 Å². The summed E-state index contributed by atoms with van der Waals surface area (Å²) in [6.07, 6.45) is 0. The molecule has 0 atom stereocenters. The second-order valence-corrected chi connectivity index (χ2v) is 3.33. The van der Waals surface area contributed by atoms with Crippen LogP contribution in [-0.4, -0.2) is 20.2 Å². The molecule has 0 fully saturated rings. The second-order valence-electron chi connectivity index (χ2n) is 3.33. The van der Waals surface area contributed by atoms with Gasteiger partial charge in [0, 0.05) is 0 Å². The molecule has 1 aromatic heterocycles. The molecule has 0 amide bonds. The molecular formula is C10H10N2O2. The molecule has 2 rings (SSSR count). The molecule has 0 spiro atoms. The third kappa shape index (κ3) is 1.25. The summed E-state index contributed by atoms with van der Waals surface area (Å²) >= 11 is 0. The van der Waals surface area contributed by atoms with Crippen molar-refractivity contribution in [2.45, 2.75) is 13.8 Å². The summed E-state index contributed by atoms with van der Waals surface area (Å²) in [6.45, 7) is 3.81. The van der Waals surface area contributed by atoms with Gasteiger partial charge >= 0.3 is 6.01 Å². The van der Waals surface area contributed by atoms with E-state index in [9.17, 15) is 5.11 Å². The molecular weight excluding hydrogens is 180 g/mol. The fourth-order valence-corrected chi connectivity index (χ4v) is 1.56. The van der Waals surface area contributed by atoms with Crippen LogP contribution in [0.1, 0.15) is 11.1 Å². The summed E-state index contributed by atoms with van der Waals surface area (Å²) in [6, 6.07) is 3.33. The van der Waals surface area contributed by atoms with Gasteiger partial charge in [-0.1, -0.05) is 6.07 Å². The average Bonchev–Trinajstić information content (AvgIpc) is 2.07. The Labute approximate surface area is 80.9 Å². The number of hydrogen-bond acceptors (Lipinski definition) is 4. The fraction of sp³-hybridized carbons (Fsp3) is 0.200. The van der Waals surface area contributed by atoms with E-state index in [2.05, 4.69) is 9.97 Å². The molecule has 72 valence electrons. The Morgan fingerprint density at radius 2 is 1.79 bits per heavy atom. The van der Waals surface area contributed by atoms with Gasteiger partial charge in [0.2, 0.25) is 5.88 Å². The Hall–Kier alpha value is -1.84. The van der Waals surface area contributed by atoms with Gasteiger partial charge in [-0.3, -0.25) is 0 Å². The monoisotopic (exact) mass is 190 g/mol. The van der Waals surface area contributed by atoms with Crippen LogP contribution >= 0.6 is 0 Å². The zero-order chi connectivity index (χ0) is 10.3. The van der Waals surface area contributed by atoms with Gasteiger partial charge in [0.15, 0.2) is 0 Å². The number of hydrogen-bond donors (Lipinski definition) is 2. The van der Waals surface area contributed by atoms with Gasteiger partial charge in [-0.25, -0.2) is 0 Å². The molecule has 0 radical (unpaired) electrons. The number of aryl methyl sites for hydroxylation is 2. The molecule has 2 aromatic rings. The minimum atomic E-state index is -0.401. The molecule has 0 bridgehead atoms. The normalized spacial score (nSPS) is 10.7. The quantitative estimate of drug-likeness (QED) is 0.663. The van der Waals surface area contributed by atoms with E-state index in [1.165, 1.54) is 0 Å². The molecule has 0 aliphatic carbocycles. The van der Waals surface area contributed by atoms with E-state index >= 15 is 0 Å². The lowest BCUT2D eigenvalue weighted by atomic mass is 10.1. The van der Waals surface area contributed by atoms with E-state index < -0.39 is 6.01 Å². The maximum atomic E-state index is 9.49. The van der Waals surface area contributed by atoms with Crippen LogP contribution in [0.4, 0.5) is 0 Å². The zero-order valence-corrected chi connectivity index (χ0v) is 7.94. The Kier molecular flexibility index (Phi) is 1.77. The third-order valence-corrected chi connectivity index (χ3v) is 2.10. The molecule has 4 heteroatoms. The molecule has 1 heterocycles. The topological polar surface area (TPSA) is 66.2 Å². The van der Waals surface area contributed by atoms with Crippen molar-refractivity contribution in [2.75, 3.05) is 0 Å². The van der Waals surface area contributed by atoms with Crippen LogP contribution in [0.3, 0.4) is 0 Å². The maximum absolute atomic E-state index is 9.49. The smallest absolute Gasteiger partial charge is 0.317 e. The Morgan fingerprint density at radius 1 is 1.07 bits per heavy atom. The molecule has 0 aliphatic heterocycles. The predicted octanol–water partition coefficient (Wildman–Crippen LogP) is 1.66. The zero-order valence-electron chi connectivity index (χ0n) is 7.94. The highest BCUT2D eigenvalue weighted by Crippen LogP contribution is 2.26. The van der Waals surface area contributed by atoms with Gasteiger partial charge in [-0.15, -0.1) is 0 Å². The van der Waals surface area contributed by atoms with Gasteiger partial charge < -0.3 is 10.2 Å². The summed E-state index contributed by atoms with van der Waals surface area (Å²) in [5.74, 6) is -0.181. The third-order valence-electron chi connectivity index (χ3n) is 2.10. The first-order chi connectivity index (χ1) is 6.58. The number of aromatic hydroxyl groups is 2. The van der Waals surface area contributed by atoms with Gasteiger partial charge in [0.25, 0.3) is 0 Å². The van der Waals surface area contributed by atoms with E-state index in [0.717, 1.165) is 11.1 Å². The lowest BCUT2D eigenvalue weighted by molar-refractivity contribution is 0.403. The van der Waals surface area contributed by atoms with E-state index in [4.69, 9.17) is 5.11 Å². The summed E-state index contributed by atoms with van der Waals surface area (Å²) in [4.78, 5) is 7.35. The van der Waals surface area contributed by atoms with Crippen LogP contribution in [0.2, 0.25) is 0 Å². The van der Waals surface area contributed by atoms with Crippen molar-refractivity contribution in [1.82, 2.24) is 9.97 Å². The Balaban J connectivity index is 2.94. The largest absolute Gasteiger partial charge is 0.493 e. The van der Waals surface area contributed by atoms with Crippen LogP contribution in [0.5, 0.6) is 11.9 Å². The first kappa shape index (κ1) is 8.74. The SMILES string of the molecule is Cc1cc(C)c2nc(O)nc(O)c2c1. The first-order valence-corrected chi connectivity index (χ1v) is 4.25. The highest BCUT2D eigenvalue weighted by atomic mass is 16.3. The molecule has 0 aliphatic rings. The van der Waals surface area contributed by atoms with Crippen LogP contribution < -0.4 is 0 Å². The van der Waals surface area contributed by atoms with E-state index in [1.807, 2.05) is 19.9 Å². The molecule has 0 unspecified atom stereocenters. The van der Waals surface area contributed by atoms with Gasteiger partial charge in [0.1, 0.15) is 0 Å². The van der Waals surface area contributed by atoms with Crippen molar-refractivity contribution < 1.29 is 10.2 Å². The van der Waals surface area contributed by atoms with Gasteiger partial charge in [-0.2, -0.15) is 9.97 Å². The van der Waals surface area contributed by atoms with Crippen LogP contribution in [0, 0.1) is 13.8 Å². The highest BCUT2D eigenvalue weighted by molar-refractivity contribution is 5.86. The van der Waals surface area contributed by atoms with Crippen molar-refractivity contribution in [2.24, 2.45) is 0 Å². The van der Waals surface area contributed by atoms with Gasteiger partial charge in [0.05, 0.1) is 10.9 Å². The highest BCUT2D eigenvalue weighted by Gasteiger charge is 2.08. The van der Waals surface area contributed by atoms with Crippen LogP contribution in [-0.2, 0) is 0 Å². The molecule has 14 heavy (non-hydrogen) atoms. The fourth-order valence-electron chi connectivity index (χ4n) is 1.56. The van der Waals surface area contributed by atoms with Crippen LogP contribution in [0.25, 0.3) is 10.9 Å². The Morgan fingerprint density at radius 3 is 2.50 bits per heavy atom. The number of nitrogens with zero attached hydrogens (tertiary/aromatic N) is 2. The van der Waals surface area contributed by atoms with Crippen molar-refractivity contribution in [3.05, 3.63) is 23.3 Å². The van der Waals surface area contributed by atoms with E-state index in [-0.39, 0.29) is 5.88 Å². The summed E-state index contributed by atoms with van der Waals surface area (Å²) in [5, 5.41) is 19.2. The first-order valence-electron chi connectivity index (χ1n) is 4.25. The Bertz CT molecular complexity index is 462. The number of benzene rings is 1. The van der Waals surface area contributed by atoms with Crippen molar-refractivity contribution in [3.63, 3.8) is 0 Å². The summed E-state index contributed by atoms with van der Waals surface area (Å²) in [5.41, 5.74) is 2.52. The molecule has 0 saturated heterocycles. The minimum absolute atomic E-state index is 0.181. The summed E-state index contributed by atoms with van der Waals surface area (Å²) in [7, 11) is 0. The van der Waals surface area contributed by atoms with Gasteiger partial charge in [-0.05, 0) is 31.0 Å². The van der Waals surface area contributed by atoms with Crippen molar-refractivity contribution in [1.29, 1.82) is 0 Å². The lowest BCUT2D eigenvalue weighted by Crippen LogP contribution is -1.89. The molecule has 4 nitrogen and oxygen atoms in total. The predicted molar refractivity (Wildman–Crippen MR) is 52.3 cm³/mol. The van der Waals surface area contributed by atoms with Crippen molar-refractivity contribution >= 4 is 10.9 Å². The minimum Gasteiger partial charge on any atom is -0.493 e. The van der Waals surface area contributed by atoms with Crippen LogP contribution in [0.15, 0.2) is 12.1 Å². The standard InChI is InChI=1S/C10H10N2O2/c1-5-3-6(2)8-7(4-5)9(13)12-10(14)11-8/h3-4H,1-2H3,(H2,11,12,13,14). The van der Waals surface area contributed by atoms with E-state index in [0.29, 0.717) is 10.9 Å². The summed E-state index contributed by atoms with van der Waals surface area (Å²) < 4.78 is 0. The molecule has 2 N–H and O–H groups in total. The molecule has 1 aromatic carbocycles.